The Labute approximate surface area is 92.5 Å². The Morgan fingerprint density at radius 1 is 1.31 bits per heavy atom. The third-order valence-electron chi connectivity index (χ3n) is 1.26. The SMILES string of the molecule is CC(C)(C)NC(=O)OCC(=O)NCC(F)F. The van der Waals surface area contributed by atoms with Gasteiger partial charge in [0.15, 0.2) is 6.61 Å². The van der Waals surface area contributed by atoms with Crippen molar-refractivity contribution in [2.75, 3.05) is 13.2 Å². The average molecular weight is 238 g/mol. The Bertz CT molecular complexity index is 252. The lowest BCUT2D eigenvalue weighted by Gasteiger charge is -2.19. The summed E-state index contributed by atoms with van der Waals surface area (Å²) in [5.74, 6) is -0.760. The summed E-state index contributed by atoms with van der Waals surface area (Å²) in [4.78, 5) is 21.9. The summed E-state index contributed by atoms with van der Waals surface area (Å²) in [5.41, 5.74) is -0.476. The lowest BCUT2D eigenvalue weighted by molar-refractivity contribution is -0.124. The second kappa shape index (κ2) is 6.24. The summed E-state index contributed by atoms with van der Waals surface area (Å²) in [6, 6.07) is 0. The molecular weight excluding hydrogens is 222 g/mol. The van der Waals surface area contributed by atoms with Gasteiger partial charge in [0.05, 0.1) is 6.54 Å². The maximum atomic E-state index is 11.7. The summed E-state index contributed by atoms with van der Waals surface area (Å²) in [6.45, 7) is 3.90. The Morgan fingerprint density at radius 3 is 2.31 bits per heavy atom. The zero-order chi connectivity index (χ0) is 12.8. The molecule has 0 atom stereocenters. The zero-order valence-corrected chi connectivity index (χ0v) is 9.47. The molecule has 0 saturated heterocycles. The van der Waals surface area contributed by atoms with Gasteiger partial charge in [0.25, 0.3) is 12.3 Å². The van der Waals surface area contributed by atoms with Gasteiger partial charge in [0.1, 0.15) is 0 Å². The first-order valence-corrected chi connectivity index (χ1v) is 4.70. The minimum atomic E-state index is -2.62. The molecule has 0 aromatic carbocycles. The van der Waals surface area contributed by atoms with Gasteiger partial charge in [-0.2, -0.15) is 0 Å². The van der Waals surface area contributed by atoms with Crippen LogP contribution < -0.4 is 10.6 Å². The van der Waals surface area contributed by atoms with Gasteiger partial charge in [-0.1, -0.05) is 0 Å². The molecule has 0 spiro atoms. The van der Waals surface area contributed by atoms with Gasteiger partial charge >= 0.3 is 6.09 Å². The maximum Gasteiger partial charge on any atom is 0.408 e. The van der Waals surface area contributed by atoms with E-state index in [1.54, 1.807) is 20.8 Å². The van der Waals surface area contributed by atoms with Gasteiger partial charge in [0, 0.05) is 5.54 Å². The molecule has 0 aromatic heterocycles. The minimum Gasteiger partial charge on any atom is -0.439 e. The molecule has 0 aliphatic carbocycles. The van der Waals surface area contributed by atoms with Crippen LogP contribution in [0.3, 0.4) is 0 Å². The monoisotopic (exact) mass is 238 g/mol. The molecule has 5 nitrogen and oxygen atoms in total. The first-order valence-electron chi connectivity index (χ1n) is 4.70. The van der Waals surface area contributed by atoms with E-state index >= 15 is 0 Å². The van der Waals surface area contributed by atoms with Crippen molar-refractivity contribution in [1.82, 2.24) is 10.6 Å². The predicted molar refractivity (Wildman–Crippen MR) is 53.3 cm³/mol. The highest BCUT2D eigenvalue weighted by Crippen LogP contribution is 1.98. The third-order valence-corrected chi connectivity index (χ3v) is 1.26. The van der Waals surface area contributed by atoms with Crippen molar-refractivity contribution in [1.29, 1.82) is 0 Å². The van der Waals surface area contributed by atoms with Crippen molar-refractivity contribution >= 4 is 12.0 Å². The van der Waals surface area contributed by atoms with Crippen LogP contribution in [0.2, 0.25) is 0 Å². The van der Waals surface area contributed by atoms with E-state index in [0.29, 0.717) is 0 Å². The number of carbonyl (C=O) groups excluding carboxylic acids is 2. The van der Waals surface area contributed by atoms with E-state index in [9.17, 15) is 18.4 Å². The van der Waals surface area contributed by atoms with Crippen LogP contribution in [0.5, 0.6) is 0 Å². The molecule has 0 aromatic rings. The van der Waals surface area contributed by atoms with Gasteiger partial charge in [-0.3, -0.25) is 4.79 Å². The van der Waals surface area contributed by atoms with Crippen molar-refractivity contribution in [3.05, 3.63) is 0 Å². The van der Waals surface area contributed by atoms with Crippen molar-refractivity contribution in [2.24, 2.45) is 0 Å². The molecule has 0 rings (SSSR count). The van der Waals surface area contributed by atoms with Crippen LogP contribution >= 0.6 is 0 Å². The lowest BCUT2D eigenvalue weighted by atomic mass is 10.1. The average Bonchev–Trinajstić information content (AvgIpc) is 2.08. The largest absolute Gasteiger partial charge is 0.439 e. The molecule has 2 N–H and O–H groups in total. The standard InChI is InChI=1S/C9H16F2N2O3/c1-9(2,3)13-8(15)16-5-7(14)12-4-6(10)11/h6H,4-5H2,1-3H3,(H,12,14)(H,13,15). The molecule has 0 radical (unpaired) electrons. The predicted octanol–water partition coefficient (Wildman–Crippen LogP) is 0.892. The molecule has 7 heteroatoms. The van der Waals surface area contributed by atoms with Gasteiger partial charge in [0.2, 0.25) is 0 Å². The highest BCUT2D eigenvalue weighted by atomic mass is 19.3. The highest BCUT2D eigenvalue weighted by molar-refractivity contribution is 5.80. The molecule has 0 aliphatic heterocycles. The zero-order valence-electron chi connectivity index (χ0n) is 9.47. The molecule has 94 valence electrons. The number of hydrogen-bond acceptors (Lipinski definition) is 3. The van der Waals surface area contributed by atoms with Gasteiger partial charge < -0.3 is 15.4 Å². The first-order chi connectivity index (χ1) is 7.20. The van der Waals surface area contributed by atoms with Crippen molar-refractivity contribution in [3.63, 3.8) is 0 Å². The topological polar surface area (TPSA) is 67.4 Å². The number of halogens is 2. The van der Waals surface area contributed by atoms with Crippen LogP contribution in [0.4, 0.5) is 13.6 Å². The summed E-state index contributed by atoms with van der Waals surface area (Å²) < 4.78 is 27.9. The Kier molecular flexibility index (Phi) is 5.69. The quantitative estimate of drug-likeness (QED) is 0.764. The number of rotatable bonds is 4. The van der Waals surface area contributed by atoms with Crippen molar-refractivity contribution in [2.45, 2.75) is 32.7 Å². The number of hydrogen-bond donors (Lipinski definition) is 2. The number of alkyl halides is 2. The summed E-state index contributed by atoms with van der Waals surface area (Å²) in [7, 11) is 0. The van der Waals surface area contributed by atoms with Crippen LogP contribution in [0.15, 0.2) is 0 Å². The fourth-order valence-electron chi connectivity index (χ4n) is 0.715. The summed E-state index contributed by atoms with van der Waals surface area (Å²) in [5, 5.41) is 4.36. The van der Waals surface area contributed by atoms with E-state index in [1.807, 2.05) is 5.32 Å². The molecule has 0 fully saturated rings. The number of ether oxygens (including phenoxy) is 1. The Hall–Kier alpha value is -1.40. The molecule has 2 amide bonds. The minimum absolute atomic E-state index is 0.476. The molecule has 0 saturated carbocycles. The van der Waals surface area contributed by atoms with Gasteiger partial charge in [-0.15, -0.1) is 0 Å². The summed E-state index contributed by atoms with van der Waals surface area (Å²) >= 11 is 0. The van der Waals surface area contributed by atoms with Gasteiger partial charge in [-0.05, 0) is 20.8 Å². The number of alkyl carbamates (subject to hydrolysis) is 1. The van der Waals surface area contributed by atoms with Crippen molar-refractivity contribution < 1.29 is 23.1 Å². The second-order valence-electron chi connectivity index (χ2n) is 4.15. The molecule has 0 aliphatic rings. The number of amides is 2. The van der Waals surface area contributed by atoms with Crippen LogP contribution in [-0.2, 0) is 9.53 Å². The fourth-order valence-corrected chi connectivity index (χ4v) is 0.715. The molecule has 0 bridgehead atoms. The van der Waals surface area contributed by atoms with Gasteiger partial charge in [-0.25, -0.2) is 13.6 Å². The van der Waals surface area contributed by atoms with Crippen molar-refractivity contribution in [3.8, 4) is 0 Å². The van der Waals surface area contributed by atoms with Crippen LogP contribution in [0.25, 0.3) is 0 Å². The number of nitrogens with one attached hydrogen (secondary N) is 2. The first kappa shape index (κ1) is 14.6. The Morgan fingerprint density at radius 2 is 1.88 bits per heavy atom. The molecule has 0 heterocycles. The molecule has 16 heavy (non-hydrogen) atoms. The Balaban J connectivity index is 3.72. The van der Waals surface area contributed by atoms with Crippen LogP contribution in [-0.4, -0.2) is 37.1 Å². The van der Waals surface area contributed by atoms with Crippen LogP contribution in [0, 0.1) is 0 Å². The molecular formula is C9H16F2N2O3. The normalized spacial score (nSPS) is 11.1. The fraction of sp³-hybridized carbons (Fsp3) is 0.778. The van der Waals surface area contributed by atoms with E-state index in [0.717, 1.165) is 0 Å². The van der Waals surface area contributed by atoms with E-state index < -0.39 is 37.1 Å². The number of carbonyl (C=O) groups is 2. The summed E-state index contributed by atoms with van der Waals surface area (Å²) in [6.07, 6.45) is -3.38. The molecule has 0 unspecified atom stereocenters. The van der Waals surface area contributed by atoms with E-state index in [1.165, 1.54) is 0 Å². The smallest absolute Gasteiger partial charge is 0.408 e. The second-order valence-corrected chi connectivity index (χ2v) is 4.15. The maximum absolute atomic E-state index is 11.7. The highest BCUT2D eigenvalue weighted by Gasteiger charge is 2.15. The van der Waals surface area contributed by atoms with Crippen LogP contribution in [0.1, 0.15) is 20.8 Å². The lowest BCUT2D eigenvalue weighted by Crippen LogP contribution is -2.42. The van der Waals surface area contributed by atoms with E-state index in [4.69, 9.17) is 0 Å². The van der Waals surface area contributed by atoms with E-state index in [2.05, 4.69) is 10.1 Å². The third kappa shape index (κ3) is 9.17. The van der Waals surface area contributed by atoms with E-state index in [-0.39, 0.29) is 0 Å².